The van der Waals surface area contributed by atoms with Crippen LogP contribution in [0.15, 0.2) is 46.0 Å². The third-order valence-corrected chi connectivity index (χ3v) is 6.50. The molecular weight excluding hydrogens is 320 g/mol. The smallest absolute Gasteiger partial charge is 0.252 e. The molecule has 0 aliphatic rings. The first kappa shape index (κ1) is 15.0. The Hall–Kier alpha value is -1.90. The first-order valence-electron chi connectivity index (χ1n) is 6.76. The number of benzene rings is 1. The number of sulfonamides is 1. The summed E-state index contributed by atoms with van der Waals surface area (Å²) < 4.78 is 26.2. The highest BCUT2D eigenvalue weighted by Gasteiger charge is 2.21. The lowest BCUT2D eigenvalue weighted by molar-refractivity contribution is 0.482. The van der Waals surface area contributed by atoms with E-state index in [2.05, 4.69) is 15.3 Å². The van der Waals surface area contributed by atoms with E-state index < -0.39 is 10.0 Å². The summed E-state index contributed by atoms with van der Waals surface area (Å²) in [5.41, 5.74) is 1.83. The number of aromatic nitrogens is 2. The molecule has 2 heterocycles. The average Bonchev–Trinajstić information content (AvgIpc) is 3.16. The van der Waals surface area contributed by atoms with E-state index >= 15 is 0 Å². The zero-order valence-electron chi connectivity index (χ0n) is 12.0. The number of H-pyrrole nitrogens is 1. The molecule has 0 saturated heterocycles. The Labute approximate surface area is 132 Å². The number of hydrogen-bond donors (Lipinski definition) is 2. The number of imidazole rings is 1. The molecule has 6 nitrogen and oxygen atoms in total. The summed E-state index contributed by atoms with van der Waals surface area (Å²) in [5.74, 6) is 0.642. The second-order valence-corrected chi connectivity index (χ2v) is 8.01. The van der Waals surface area contributed by atoms with Gasteiger partial charge in [-0.15, -0.1) is 11.3 Å². The molecule has 0 aliphatic carbocycles. The van der Waals surface area contributed by atoms with Crippen molar-refractivity contribution in [1.82, 2.24) is 14.3 Å². The Morgan fingerprint density at radius 3 is 2.82 bits per heavy atom. The summed E-state index contributed by atoms with van der Waals surface area (Å²) >= 11 is 1.22. The molecule has 0 atom stereocenters. The van der Waals surface area contributed by atoms with Crippen LogP contribution >= 0.6 is 11.3 Å². The van der Waals surface area contributed by atoms with E-state index in [1.54, 1.807) is 24.6 Å². The van der Waals surface area contributed by atoms with Crippen molar-refractivity contribution in [1.29, 1.82) is 0 Å². The Morgan fingerprint density at radius 1 is 1.27 bits per heavy atom. The molecule has 2 aromatic heterocycles. The van der Waals surface area contributed by atoms with Gasteiger partial charge in [-0.25, -0.2) is 13.4 Å². The van der Waals surface area contributed by atoms with E-state index in [1.165, 1.54) is 15.6 Å². The first-order chi connectivity index (χ1) is 10.6. The molecule has 0 radical (unpaired) electrons. The molecule has 8 heteroatoms. The van der Waals surface area contributed by atoms with Crippen molar-refractivity contribution in [2.45, 2.75) is 4.21 Å². The van der Waals surface area contributed by atoms with E-state index in [1.807, 2.05) is 24.3 Å². The molecule has 22 heavy (non-hydrogen) atoms. The summed E-state index contributed by atoms with van der Waals surface area (Å²) in [5, 5.41) is 4.87. The molecule has 0 bridgehead atoms. The number of para-hydroxylation sites is 2. The summed E-state index contributed by atoms with van der Waals surface area (Å²) in [7, 11) is -1.81. The van der Waals surface area contributed by atoms with E-state index in [0.717, 1.165) is 11.0 Å². The summed E-state index contributed by atoms with van der Waals surface area (Å²) in [4.78, 5) is 7.54. The van der Waals surface area contributed by atoms with Gasteiger partial charge in [0.1, 0.15) is 4.21 Å². The molecular formula is C14H16N4O2S2. The molecule has 0 spiro atoms. The van der Waals surface area contributed by atoms with Crippen molar-refractivity contribution >= 4 is 38.3 Å². The van der Waals surface area contributed by atoms with Crippen molar-refractivity contribution in [3.8, 4) is 0 Å². The molecule has 3 rings (SSSR count). The van der Waals surface area contributed by atoms with Crippen LogP contribution in [-0.4, -0.2) is 42.8 Å². The summed E-state index contributed by atoms with van der Waals surface area (Å²) in [6.07, 6.45) is 0. The molecule has 0 amide bonds. The zero-order valence-corrected chi connectivity index (χ0v) is 13.6. The zero-order chi connectivity index (χ0) is 15.6. The van der Waals surface area contributed by atoms with E-state index in [9.17, 15) is 8.42 Å². The van der Waals surface area contributed by atoms with E-state index in [4.69, 9.17) is 0 Å². The van der Waals surface area contributed by atoms with Crippen molar-refractivity contribution in [3.05, 3.63) is 41.8 Å². The van der Waals surface area contributed by atoms with Crippen LogP contribution in [0, 0.1) is 0 Å². The molecule has 0 unspecified atom stereocenters. The number of anilines is 1. The minimum atomic E-state index is -3.39. The van der Waals surface area contributed by atoms with Gasteiger partial charge in [0.2, 0.25) is 5.95 Å². The van der Waals surface area contributed by atoms with Crippen LogP contribution in [0.2, 0.25) is 0 Å². The minimum absolute atomic E-state index is 0.358. The number of thiophene rings is 1. The predicted molar refractivity (Wildman–Crippen MR) is 88.7 cm³/mol. The van der Waals surface area contributed by atoms with Crippen LogP contribution in [-0.2, 0) is 10.0 Å². The SMILES string of the molecule is CN(CCNc1nc2ccccc2[nH]1)S(=O)(=O)c1cccs1. The highest BCUT2D eigenvalue weighted by molar-refractivity contribution is 7.91. The van der Waals surface area contributed by atoms with Crippen molar-refractivity contribution in [2.24, 2.45) is 0 Å². The van der Waals surface area contributed by atoms with Crippen molar-refractivity contribution in [3.63, 3.8) is 0 Å². The molecule has 2 N–H and O–H groups in total. The second-order valence-electron chi connectivity index (χ2n) is 4.79. The summed E-state index contributed by atoms with van der Waals surface area (Å²) in [6, 6.07) is 11.1. The number of nitrogens with zero attached hydrogens (tertiary/aromatic N) is 2. The van der Waals surface area contributed by atoms with Crippen LogP contribution in [0.25, 0.3) is 11.0 Å². The number of fused-ring (bicyclic) bond motifs is 1. The Kier molecular flexibility index (Phi) is 4.14. The highest BCUT2D eigenvalue weighted by Crippen LogP contribution is 2.19. The van der Waals surface area contributed by atoms with Gasteiger partial charge in [0.25, 0.3) is 10.0 Å². The molecule has 116 valence electrons. The van der Waals surface area contributed by atoms with Gasteiger partial charge in [-0.1, -0.05) is 18.2 Å². The highest BCUT2D eigenvalue weighted by atomic mass is 32.2. The lowest BCUT2D eigenvalue weighted by Crippen LogP contribution is -2.31. The van der Waals surface area contributed by atoms with Crippen LogP contribution < -0.4 is 5.32 Å². The topological polar surface area (TPSA) is 78.1 Å². The van der Waals surface area contributed by atoms with Crippen LogP contribution in [0.4, 0.5) is 5.95 Å². The quantitative estimate of drug-likeness (QED) is 0.724. The van der Waals surface area contributed by atoms with Gasteiger partial charge in [0.05, 0.1) is 11.0 Å². The normalized spacial score (nSPS) is 12.1. The molecule has 1 aromatic carbocycles. The fourth-order valence-electron chi connectivity index (χ4n) is 2.05. The number of hydrogen-bond acceptors (Lipinski definition) is 5. The standard InChI is InChI=1S/C14H16N4O2S2/c1-18(22(19,20)13-7-4-10-21-13)9-8-15-14-16-11-5-2-3-6-12(11)17-14/h2-7,10H,8-9H2,1H3,(H2,15,16,17). The molecule has 3 aromatic rings. The van der Waals surface area contributed by atoms with Gasteiger partial charge in [-0.05, 0) is 23.6 Å². The predicted octanol–water partition coefficient (Wildman–Crippen LogP) is 2.36. The number of likely N-dealkylation sites (N-methyl/N-ethyl adjacent to an activating group) is 1. The van der Waals surface area contributed by atoms with Crippen LogP contribution in [0.1, 0.15) is 0 Å². The van der Waals surface area contributed by atoms with Crippen molar-refractivity contribution < 1.29 is 8.42 Å². The summed E-state index contributed by atoms with van der Waals surface area (Å²) in [6.45, 7) is 0.832. The maximum absolute atomic E-state index is 12.3. The van der Waals surface area contributed by atoms with Crippen molar-refractivity contribution in [2.75, 3.05) is 25.5 Å². The van der Waals surface area contributed by atoms with Gasteiger partial charge < -0.3 is 10.3 Å². The maximum Gasteiger partial charge on any atom is 0.252 e. The fourth-order valence-corrected chi connectivity index (χ4v) is 4.42. The Morgan fingerprint density at radius 2 is 2.09 bits per heavy atom. The second kappa shape index (κ2) is 6.07. The number of nitrogens with one attached hydrogen (secondary N) is 2. The number of aromatic amines is 1. The number of rotatable bonds is 6. The lowest BCUT2D eigenvalue weighted by atomic mass is 10.3. The van der Waals surface area contributed by atoms with E-state index in [-0.39, 0.29) is 0 Å². The Bertz CT molecular complexity index is 823. The van der Waals surface area contributed by atoms with Crippen LogP contribution in [0.5, 0.6) is 0 Å². The third kappa shape index (κ3) is 2.99. The average molecular weight is 336 g/mol. The maximum atomic E-state index is 12.3. The molecule has 0 fully saturated rings. The largest absolute Gasteiger partial charge is 0.354 e. The van der Waals surface area contributed by atoms with Gasteiger partial charge in [-0.2, -0.15) is 4.31 Å². The Balaban J connectivity index is 1.61. The molecule has 0 saturated carbocycles. The van der Waals surface area contributed by atoms with Crippen LogP contribution in [0.3, 0.4) is 0 Å². The third-order valence-electron chi connectivity index (χ3n) is 3.27. The van der Waals surface area contributed by atoms with E-state index in [0.29, 0.717) is 23.2 Å². The van der Waals surface area contributed by atoms with Gasteiger partial charge in [0.15, 0.2) is 0 Å². The van der Waals surface area contributed by atoms with Gasteiger partial charge in [-0.3, -0.25) is 0 Å². The molecule has 0 aliphatic heterocycles. The monoisotopic (exact) mass is 336 g/mol. The van der Waals surface area contributed by atoms with Gasteiger partial charge in [0, 0.05) is 20.1 Å². The minimum Gasteiger partial charge on any atom is -0.354 e. The van der Waals surface area contributed by atoms with Gasteiger partial charge >= 0.3 is 0 Å². The lowest BCUT2D eigenvalue weighted by Gasteiger charge is -2.15. The first-order valence-corrected chi connectivity index (χ1v) is 9.08. The fraction of sp³-hybridized carbons (Fsp3) is 0.214.